The number of nitrogens with zero attached hydrogens (tertiary/aromatic N) is 1. The summed E-state index contributed by atoms with van der Waals surface area (Å²) in [7, 11) is 0. The molecule has 2 aromatic rings. The molecule has 0 radical (unpaired) electrons. The lowest BCUT2D eigenvalue weighted by molar-refractivity contribution is 0.573. The molecule has 25 heavy (non-hydrogen) atoms. The van der Waals surface area contributed by atoms with Gasteiger partial charge in [-0.25, -0.2) is 4.39 Å². The summed E-state index contributed by atoms with van der Waals surface area (Å²) >= 11 is 1.56. The molecule has 1 aromatic carbocycles. The van der Waals surface area contributed by atoms with E-state index in [1.54, 1.807) is 11.9 Å². The van der Waals surface area contributed by atoms with Gasteiger partial charge >= 0.3 is 0 Å². The quantitative estimate of drug-likeness (QED) is 0.560. The summed E-state index contributed by atoms with van der Waals surface area (Å²) in [5, 5.41) is 0. The summed E-state index contributed by atoms with van der Waals surface area (Å²) in [6.45, 7) is 8.16. The Morgan fingerprint density at radius 3 is 2.56 bits per heavy atom. The number of allylic oxidation sites excluding steroid dienone is 1. The van der Waals surface area contributed by atoms with E-state index in [4.69, 9.17) is 0 Å². The second-order valence-corrected chi connectivity index (χ2v) is 5.82. The van der Waals surface area contributed by atoms with Crippen molar-refractivity contribution in [3.05, 3.63) is 65.0 Å². The molecular weight excluding hydrogens is 331 g/mol. The minimum absolute atomic E-state index is 0.613. The third kappa shape index (κ3) is 7.13. The van der Waals surface area contributed by atoms with Crippen LogP contribution in [-0.2, 0) is 6.54 Å². The number of halogens is 1. The Labute approximate surface area is 155 Å². The van der Waals surface area contributed by atoms with Crippen molar-refractivity contribution >= 4 is 18.0 Å². The molecule has 4 heteroatoms. The fourth-order valence-electron chi connectivity index (χ4n) is 2.12. The van der Waals surface area contributed by atoms with Crippen LogP contribution in [0, 0.1) is 18.8 Å². The first-order valence-corrected chi connectivity index (χ1v) is 9.18. The summed E-state index contributed by atoms with van der Waals surface area (Å²) in [6.07, 6.45) is 5.95. The van der Waals surface area contributed by atoms with Crippen LogP contribution in [-0.4, -0.2) is 11.7 Å². The summed E-state index contributed by atoms with van der Waals surface area (Å²) < 4.78 is 15.4. The van der Waals surface area contributed by atoms with Gasteiger partial charge in [-0.05, 0) is 67.3 Å². The highest BCUT2D eigenvalue weighted by Gasteiger charge is 2.03. The van der Waals surface area contributed by atoms with Crippen molar-refractivity contribution in [1.29, 1.82) is 0 Å². The largest absolute Gasteiger partial charge is 0.261 e. The number of pyridine rings is 1. The van der Waals surface area contributed by atoms with Gasteiger partial charge in [0, 0.05) is 28.9 Å². The minimum Gasteiger partial charge on any atom is -0.261 e. The highest BCUT2D eigenvalue weighted by atomic mass is 32.2. The van der Waals surface area contributed by atoms with Crippen molar-refractivity contribution in [3.8, 4) is 11.8 Å². The second kappa shape index (κ2) is 12.3. The molecule has 2 nitrogen and oxygen atoms in total. The molecule has 0 atom stereocenters. The van der Waals surface area contributed by atoms with Gasteiger partial charge in [0.2, 0.25) is 0 Å². The zero-order valence-corrected chi connectivity index (χ0v) is 16.1. The summed E-state index contributed by atoms with van der Waals surface area (Å²) in [4.78, 5) is 5.43. The Morgan fingerprint density at radius 1 is 1.20 bits per heavy atom. The summed E-state index contributed by atoms with van der Waals surface area (Å²) in [6, 6.07) is 9.78. The maximum absolute atomic E-state index is 12.0. The lowest BCUT2D eigenvalue weighted by Crippen LogP contribution is -2.06. The van der Waals surface area contributed by atoms with Gasteiger partial charge in [-0.15, -0.1) is 0 Å². The first kappa shape index (κ1) is 21.0. The SMILES string of the molecule is C/C=C\c1c(CNSc2ccc(C#CCF)cc2)ccnc1C.CC. The van der Waals surface area contributed by atoms with Crippen LogP contribution in [0.15, 0.2) is 47.5 Å². The van der Waals surface area contributed by atoms with Gasteiger partial charge < -0.3 is 0 Å². The van der Waals surface area contributed by atoms with Gasteiger partial charge in [-0.2, -0.15) is 0 Å². The van der Waals surface area contributed by atoms with Gasteiger partial charge in [0.25, 0.3) is 0 Å². The van der Waals surface area contributed by atoms with Crippen LogP contribution in [0.4, 0.5) is 4.39 Å². The van der Waals surface area contributed by atoms with Crippen LogP contribution in [0.2, 0.25) is 0 Å². The van der Waals surface area contributed by atoms with Crippen molar-refractivity contribution in [1.82, 2.24) is 9.71 Å². The Hall–Kier alpha value is -2.09. The number of benzene rings is 1. The number of alkyl halides is 1. The van der Waals surface area contributed by atoms with E-state index < -0.39 is 6.67 Å². The topological polar surface area (TPSA) is 24.9 Å². The van der Waals surface area contributed by atoms with Crippen LogP contribution in [0.3, 0.4) is 0 Å². The minimum atomic E-state index is -0.613. The van der Waals surface area contributed by atoms with Crippen molar-refractivity contribution in [2.75, 3.05) is 6.67 Å². The van der Waals surface area contributed by atoms with Crippen LogP contribution in [0.1, 0.15) is 43.2 Å². The van der Waals surface area contributed by atoms with Crippen LogP contribution < -0.4 is 4.72 Å². The van der Waals surface area contributed by atoms with E-state index in [1.165, 1.54) is 11.1 Å². The van der Waals surface area contributed by atoms with Crippen molar-refractivity contribution < 1.29 is 4.39 Å². The number of hydrogen-bond acceptors (Lipinski definition) is 3. The van der Waals surface area contributed by atoms with Gasteiger partial charge in [-0.1, -0.05) is 37.8 Å². The lowest BCUT2D eigenvalue weighted by Gasteiger charge is -2.09. The highest BCUT2D eigenvalue weighted by Crippen LogP contribution is 2.18. The maximum atomic E-state index is 12.0. The summed E-state index contributed by atoms with van der Waals surface area (Å²) in [5.41, 5.74) is 4.24. The molecule has 132 valence electrons. The third-order valence-corrected chi connectivity index (χ3v) is 4.02. The van der Waals surface area contributed by atoms with Crippen LogP contribution in [0.5, 0.6) is 0 Å². The third-order valence-electron chi connectivity index (χ3n) is 3.22. The Kier molecular flexibility index (Phi) is 10.3. The normalized spacial score (nSPS) is 9.96. The molecule has 0 spiro atoms. The fraction of sp³-hybridized carbons (Fsp3) is 0.286. The van der Waals surface area contributed by atoms with Gasteiger partial charge in [0.1, 0.15) is 0 Å². The van der Waals surface area contributed by atoms with Crippen LogP contribution in [0.25, 0.3) is 6.08 Å². The van der Waals surface area contributed by atoms with E-state index in [0.29, 0.717) is 0 Å². The molecule has 0 saturated carbocycles. The zero-order chi connectivity index (χ0) is 18.5. The Bertz CT molecular complexity index is 728. The van der Waals surface area contributed by atoms with E-state index in [-0.39, 0.29) is 0 Å². The van der Waals surface area contributed by atoms with Crippen LogP contribution >= 0.6 is 11.9 Å². The Morgan fingerprint density at radius 2 is 1.92 bits per heavy atom. The predicted molar refractivity (Wildman–Crippen MR) is 107 cm³/mol. The van der Waals surface area contributed by atoms with E-state index in [1.807, 2.05) is 70.3 Å². The number of rotatable bonds is 5. The van der Waals surface area contributed by atoms with E-state index in [0.717, 1.165) is 22.7 Å². The first-order chi connectivity index (χ1) is 12.2. The highest BCUT2D eigenvalue weighted by molar-refractivity contribution is 7.97. The molecule has 0 unspecified atom stereocenters. The molecule has 1 heterocycles. The van der Waals surface area contributed by atoms with E-state index in [2.05, 4.69) is 27.6 Å². The second-order valence-electron chi connectivity index (χ2n) is 4.85. The van der Waals surface area contributed by atoms with Crippen molar-refractivity contribution in [2.45, 2.75) is 39.1 Å². The molecular formula is C21H25FN2S. The number of aromatic nitrogens is 1. The molecule has 1 aromatic heterocycles. The monoisotopic (exact) mass is 356 g/mol. The molecule has 0 aliphatic heterocycles. The van der Waals surface area contributed by atoms with Crippen molar-refractivity contribution in [3.63, 3.8) is 0 Å². The average Bonchev–Trinajstić information content (AvgIpc) is 2.65. The smallest absolute Gasteiger partial charge is 0.150 e. The standard InChI is InChI=1S/C19H19FN2S.C2H6/c1-3-5-19-15(2)21-13-11-17(19)14-22-23-18-9-7-16(8-10-18)6-4-12-20;1-2/h3,5,7-11,13,22H,12,14H2,1-2H3;1-2H3/b5-3-;. The molecule has 0 saturated heterocycles. The van der Waals surface area contributed by atoms with Gasteiger partial charge in [-0.3, -0.25) is 9.71 Å². The number of aryl methyl sites for hydroxylation is 1. The van der Waals surface area contributed by atoms with Gasteiger partial charge in [0.05, 0.1) is 0 Å². The average molecular weight is 357 g/mol. The van der Waals surface area contributed by atoms with Crippen molar-refractivity contribution in [2.24, 2.45) is 0 Å². The fourth-order valence-corrected chi connectivity index (χ4v) is 2.78. The van der Waals surface area contributed by atoms with E-state index in [9.17, 15) is 4.39 Å². The molecule has 0 aliphatic rings. The molecule has 0 aliphatic carbocycles. The molecule has 0 amide bonds. The first-order valence-electron chi connectivity index (χ1n) is 8.36. The molecule has 0 bridgehead atoms. The molecule has 2 rings (SSSR count). The Balaban J connectivity index is 0.00000151. The molecule has 1 N–H and O–H groups in total. The maximum Gasteiger partial charge on any atom is 0.150 e. The lowest BCUT2D eigenvalue weighted by atomic mass is 10.1. The number of nitrogens with one attached hydrogen (secondary N) is 1. The van der Waals surface area contributed by atoms with Gasteiger partial charge in [0.15, 0.2) is 6.67 Å². The molecule has 0 fully saturated rings. The zero-order valence-electron chi connectivity index (χ0n) is 15.3. The predicted octanol–water partition coefficient (Wildman–Crippen LogP) is 5.57. The summed E-state index contributed by atoms with van der Waals surface area (Å²) in [5.74, 6) is 5.18. The number of hydrogen-bond donors (Lipinski definition) is 1. The van der Waals surface area contributed by atoms with E-state index >= 15 is 0 Å².